The normalized spacial score (nSPS) is 11.0. The topological polar surface area (TPSA) is 67.3 Å². The fourth-order valence-corrected chi connectivity index (χ4v) is 2.40. The number of aromatic nitrogens is 5. The maximum atomic E-state index is 4.75. The van der Waals surface area contributed by atoms with Gasteiger partial charge in [-0.1, -0.05) is 6.07 Å². The Balaban J connectivity index is 1.88. The molecule has 4 aromatic rings. The summed E-state index contributed by atoms with van der Waals surface area (Å²) < 4.78 is 0. The summed E-state index contributed by atoms with van der Waals surface area (Å²) >= 11 is 0. The Kier molecular flexibility index (Phi) is 2.89. The Morgan fingerprint density at radius 3 is 2.55 bits per heavy atom. The second-order valence-corrected chi connectivity index (χ2v) is 5.08. The van der Waals surface area contributed by atoms with Crippen molar-refractivity contribution >= 4 is 11.2 Å². The Bertz CT molecular complexity index is 926. The lowest BCUT2D eigenvalue weighted by atomic mass is 10.1. The average molecular weight is 287 g/mol. The summed E-state index contributed by atoms with van der Waals surface area (Å²) in [5.41, 5.74) is 6.47. The molecule has 0 saturated heterocycles. The van der Waals surface area contributed by atoms with Crippen LogP contribution in [-0.4, -0.2) is 24.9 Å². The molecule has 5 nitrogen and oxygen atoms in total. The second kappa shape index (κ2) is 5.04. The third-order valence-corrected chi connectivity index (χ3v) is 3.58. The Labute approximate surface area is 127 Å². The first-order valence-electron chi connectivity index (χ1n) is 6.99. The van der Waals surface area contributed by atoms with Crippen LogP contribution in [0.15, 0.2) is 55.2 Å². The van der Waals surface area contributed by atoms with Gasteiger partial charge in [0.2, 0.25) is 0 Å². The summed E-state index contributed by atoms with van der Waals surface area (Å²) in [5.74, 6) is 0. The molecule has 0 aliphatic carbocycles. The van der Waals surface area contributed by atoms with Crippen LogP contribution in [0.5, 0.6) is 0 Å². The standard InChI is InChI=1S/C17H13N5/c1-11-2-3-13(8-19-11)14-9-20-17-16(14)22-15(10-21-17)12-4-6-18-7-5-12/h2-10H,1H3,(H,20,21). The molecule has 1 N–H and O–H groups in total. The Morgan fingerprint density at radius 1 is 0.909 bits per heavy atom. The number of aromatic amines is 1. The van der Waals surface area contributed by atoms with E-state index < -0.39 is 0 Å². The van der Waals surface area contributed by atoms with Crippen LogP contribution in [-0.2, 0) is 0 Å². The van der Waals surface area contributed by atoms with Gasteiger partial charge in [-0.2, -0.15) is 0 Å². The highest BCUT2D eigenvalue weighted by molar-refractivity contribution is 5.91. The van der Waals surface area contributed by atoms with E-state index in [9.17, 15) is 0 Å². The van der Waals surface area contributed by atoms with Crippen molar-refractivity contribution in [3.63, 3.8) is 0 Å². The summed E-state index contributed by atoms with van der Waals surface area (Å²) in [5, 5.41) is 0. The van der Waals surface area contributed by atoms with E-state index in [-0.39, 0.29) is 0 Å². The zero-order valence-electron chi connectivity index (χ0n) is 12.0. The molecule has 0 atom stereocenters. The highest BCUT2D eigenvalue weighted by Gasteiger charge is 2.10. The summed E-state index contributed by atoms with van der Waals surface area (Å²) in [6.07, 6.45) is 9.06. The van der Waals surface area contributed by atoms with Gasteiger partial charge in [0.25, 0.3) is 0 Å². The first-order chi connectivity index (χ1) is 10.8. The van der Waals surface area contributed by atoms with Gasteiger partial charge in [-0.25, -0.2) is 9.97 Å². The predicted molar refractivity (Wildman–Crippen MR) is 85.1 cm³/mol. The maximum Gasteiger partial charge on any atom is 0.156 e. The van der Waals surface area contributed by atoms with Gasteiger partial charge < -0.3 is 4.98 Å². The summed E-state index contributed by atoms with van der Waals surface area (Å²) in [4.78, 5) is 20.8. The lowest BCUT2D eigenvalue weighted by Crippen LogP contribution is -1.89. The number of rotatable bonds is 2. The minimum absolute atomic E-state index is 0.772. The van der Waals surface area contributed by atoms with Gasteiger partial charge in [0.1, 0.15) is 5.52 Å². The van der Waals surface area contributed by atoms with E-state index >= 15 is 0 Å². The van der Waals surface area contributed by atoms with Crippen LogP contribution >= 0.6 is 0 Å². The maximum absolute atomic E-state index is 4.75. The van der Waals surface area contributed by atoms with Crippen LogP contribution in [0, 0.1) is 6.92 Å². The van der Waals surface area contributed by atoms with Crippen LogP contribution in [0.3, 0.4) is 0 Å². The molecule has 0 aliphatic rings. The molecule has 0 amide bonds. The smallest absolute Gasteiger partial charge is 0.156 e. The molecule has 0 bridgehead atoms. The molecule has 0 aromatic carbocycles. The van der Waals surface area contributed by atoms with E-state index in [1.54, 1.807) is 18.6 Å². The van der Waals surface area contributed by atoms with Gasteiger partial charge in [-0.05, 0) is 25.1 Å². The van der Waals surface area contributed by atoms with Crippen LogP contribution in [0.25, 0.3) is 33.5 Å². The molecule has 0 aliphatic heterocycles. The molecule has 4 heterocycles. The lowest BCUT2D eigenvalue weighted by Gasteiger charge is -2.02. The first-order valence-corrected chi connectivity index (χ1v) is 6.99. The van der Waals surface area contributed by atoms with Crippen molar-refractivity contribution in [3.05, 3.63) is 60.9 Å². The molecule has 0 unspecified atom stereocenters. The molecule has 0 saturated carbocycles. The average Bonchev–Trinajstić information content (AvgIpc) is 2.99. The molecular formula is C17H13N5. The Morgan fingerprint density at radius 2 is 1.77 bits per heavy atom. The van der Waals surface area contributed by atoms with E-state index in [1.165, 1.54) is 0 Å². The van der Waals surface area contributed by atoms with Crippen molar-refractivity contribution in [3.8, 4) is 22.4 Å². The van der Waals surface area contributed by atoms with Gasteiger partial charge >= 0.3 is 0 Å². The quantitative estimate of drug-likeness (QED) is 0.613. The molecule has 5 heteroatoms. The van der Waals surface area contributed by atoms with E-state index in [4.69, 9.17) is 4.98 Å². The number of aryl methyl sites for hydroxylation is 1. The van der Waals surface area contributed by atoms with E-state index in [0.717, 1.165) is 39.2 Å². The van der Waals surface area contributed by atoms with Gasteiger partial charge in [-0.15, -0.1) is 0 Å². The number of fused-ring (bicyclic) bond motifs is 1. The molecule has 0 spiro atoms. The molecule has 0 fully saturated rings. The number of hydrogen-bond donors (Lipinski definition) is 1. The van der Waals surface area contributed by atoms with Crippen LogP contribution in [0.2, 0.25) is 0 Å². The zero-order chi connectivity index (χ0) is 14.9. The minimum Gasteiger partial charge on any atom is -0.344 e. The summed E-state index contributed by atoms with van der Waals surface area (Å²) in [7, 11) is 0. The number of hydrogen-bond acceptors (Lipinski definition) is 4. The highest BCUT2D eigenvalue weighted by atomic mass is 14.9. The van der Waals surface area contributed by atoms with Crippen molar-refractivity contribution in [1.29, 1.82) is 0 Å². The fourth-order valence-electron chi connectivity index (χ4n) is 2.40. The first kappa shape index (κ1) is 12.6. The van der Waals surface area contributed by atoms with Gasteiger partial charge in [0.05, 0.1) is 11.9 Å². The summed E-state index contributed by atoms with van der Waals surface area (Å²) in [6.45, 7) is 1.97. The largest absolute Gasteiger partial charge is 0.344 e. The van der Waals surface area contributed by atoms with E-state index in [1.807, 2.05) is 43.6 Å². The molecule has 22 heavy (non-hydrogen) atoms. The second-order valence-electron chi connectivity index (χ2n) is 5.08. The number of nitrogens with one attached hydrogen (secondary N) is 1. The Hall–Kier alpha value is -3.08. The van der Waals surface area contributed by atoms with Gasteiger partial charge in [0, 0.05) is 47.2 Å². The summed E-state index contributed by atoms with van der Waals surface area (Å²) in [6, 6.07) is 7.89. The number of pyridine rings is 2. The molecular weight excluding hydrogens is 274 g/mol. The highest BCUT2D eigenvalue weighted by Crippen LogP contribution is 2.27. The van der Waals surface area contributed by atoms with Crippen molar-refractivity contribution < 1.29 is 0 Å². The van der Waals surface area contributed by atoms with Crippen molar-refractivity contribution in [2.24, 2.45) is 0 Å². The van der Waals surface area contributed by atoms with Crippen LogP contribution in [0.4, 0.5) is 0 Å². The van der Waals surface area contributed by atoms with Crippen molar-refractivity contribution in [2.45, 2.75) is 6.92 Å². The monoisotopic (exact) mass is 287 g/mol. The number of H-pyrrole nitrogens is 1. The van der Waals surface area contributed by atoms with E-state index in [2.05, 4.69) is 19.9 Å². The molecule has 106 valence electrons. The number of nitrogens with zero attached hydrogens (tertiary/aromatic N) is 4. The van der Waals surface area contributed by atoms with Crippen LogP contribution < -0.4 is 0 Å². The molecule has 0 radical (unpaired) electrons. The van der Waals surface area contributed by atoms with E-state index in [0.29, 0.717) is 0 Å². The van der Waals surface area contributed by atoms with Gasteiger partial charge in [0.15, 0.2) is 5.65 Å². The SMILES string of the molecule is Cc1ccc(-c2c[nH]c3ncc(-c4ccncc4)nc23)cn1. The van der Waals surface area contributed by atoms with Crippen LogP contribution in [0.1, 0.15) is 5.69 Å². The third-order valence-electron chi connectivity index (χ3n) is 3.58. The zero-order valence-corrected chi connectivity index (χ0v) is 12.0. The lowest BCUT2D eigenvalue weighted by molar-refractivity contribution is 1.20. The van der Waals surface area contributed by atoms with Crippen molar-refractivity contribution in [1.82, 2.24) is 24.9 Å². The third kappa shape index (κ3) is 2.13. The predicted octanol–water partition coefficient (Wildman–Crippen LogP) is 3.39. The molecule has 4 rings (SSSR count). The van der Waals surface area contributed by atoms with Crippen molar-refractivity contribution in [2.75, 3.05) is 0 Å². The van der Waals surface area contributed by atoms with Gasteiger partial charge in [-0.3, -0.25) is 9.97 Å². The fraction of sp³-hybridized carbons (Fsp3) is 0.0588. The minimum atomic E-state index is 0.772. The molecule has 4 aromatic heterocycles.